The number of nitrogens with zero attached hydrogens (tertiary/aromatic N) is 3. The summed E-state index contributed by atoms with van der Waals surface area (Å²) in [7, 11) is 0. The summed E-state index contributed by atoms with van der Waals surface area (Å²) in [4.78, 5) is 22.5. The normalized spacial score (nSPS) is 11.8. The zero-order valence-electron chi connectivity index (χ0n) is 15.0. The van der Waals surface area contributed by atoms with Gasteiger partial charge in [0.1, 0.15) is 16.8 Å². The van der Waals surface area contributed by atoms with Crippen LogP contribution in [0.4, 0.5) is 4.39 Å². The topological polar surface area (TPSA) is 60.4 Å². The number of para-hydroxylation sites is 3. The lowest BCUT2D eigenvalue weighted by atomic mass is 10.1. The third kappa shape index (κ3) is 2.17. The van der Waals surface area contributed by atoms with Crippen molar-refractivity contribution in [3.05, 3.63) is 88.8 Å². The van der Waals surface area contributed by atoms with Crippen molar-refractivity contribution in [2.75, 3.05) is 0 Å². The maximum Gasteiger partial charge on any atom is 0.236 e. The van der Waals surface area contributed by atoms with Crippen LogP contribution >= 0.6 is 0 Å². The summed E-state index contributed by atoms with van der Waals surface area (Å²) >= 11 is 0. The lowest BCUT2D eigenvalue weighted by Crippen LogP contribution is -2.08. The van der Waals surface area contributed by atoms with E-state index in [0.29, 0.717) is 33.5 Å². The van der Waals surface area contributed by atoms with Gasteiger partial charge in [-0.05, 0) is 36.4 Å². The lowest BCUT2D eigenvalue weighted by Gasteiger charge is -2.09. The molecule has 0 unspecified atom stereocenters. The molecule has 6 rings (SSSR count). The third-order valence-corrected chi connectivity index (χ3v) is 5.10. The highest BCUT2D eigenvalue weighted by Crippen LogP contribution is 2.30. The predicted molar refractivity (Wildman–Crippen MR) is 109 cm³/mol. The molecule has 0 amide bonds. The molecule has 0 N–H and O–H groups in total. The Bertz CT molecular complexity index is 1650. The van der Waals surface area contributed by atoms with E-state index in [4.69, 9.17) is 4.42 Å². The van der Waals surface area contributed by atoms with E-state index in [2.05, 4.69) is 9.97 Å². The Morgan fingerprint density at radius 1 is 0.862 bits per heavy atom. The molecule has 5 nitrogen and oxygen atoms in total. The molecule has 6 aromatic rings. The summed E-state index contributed by atoms with van der Waals surface area (Å²) in [6.45, 7) is 0. The summed E-state index contributed by atoms with van der Waals surface area (Å²) in [5, 5.41) is 0.731. The average Bonchev–Trinajstić information content (AvgIpc) is 3.13. The number of benzene rings is 3. The Hall–Kier alpha value is -4.06. The lowest BCUT2D eigenvalue weighted by molar-refractivity contribution is 0.627. The number of rotatable bonds is 1. The van der Waals surface area contributed by atoms with Crippen LogP contribution in [-0.4, -0.2) is 14.4 Å². The highest BCUT2D eigenvalue weighted by atomic mass is 19.1. The fourth-order valence-electron chi connectivity index (χ4n) is 3.78. The molecule has 0 aliphatic rings. The summed E-state index contributed by atoms with van der Waals surface area (Å²) in [6.07, 6.45) is 0. The number of fused-ring (bicyclic) bond motifs is 6. The molecule has 0 aliphatic carbocycles. The van der Waals surface area contributed by atoms with Gasteiger partial charge in [0, 0.05) is 0 Å². The monoisotopic (exact) mass is 381 g/mol. The second-order valence-electron chi connectivity index (χ2n) is 6.78. The molecular formula is C23H12FN3O2. The molecule has 6 heteroatoms. The van der Waals surface area contributed by atoms with Gasteiger partial charge in [0.05, 0.1) is 22.0 Å². The van der Waals surface area contributed by atoms with Crippen molar-refractivity contribution in [2.45, 2.75) is 0 Å². The second-order valence-corrected chi connectivity index (χ2v) is 6.78. The van der Waals surface area contributed by atoms with Crippen LogP contribution in [0.2, 0.25) is 0 Å². The van der Waals surface area contributed by atoms with Crippen molar-refractivity contribution in [1.29, 1.82) is 0 Å². The molecule has 29 heavy (non-hydrogen) atoms. The van der Waals surface area contributed by atoms with E-state index in [-0.39, 0.29) is 16.5 Å². The van der Waals surface area contributed by atoms with Gasteiger partial charge >= 0.3 is 0 Å². The maximum absolute atomic E-state index is 14.7. The molecular weight excluding hydrogens is 369 g/mol. The first-order valence-corrected chi connectivity index (χ1v) is 9.10. The van der Waals surface area contributed by atoms with E-state index < -0.39 is 5.82 Å². The van der Waals surface area contributed by atoms with Gasteiger partial charge < -0.3 is 4.42 Å². The molecule has 0 saturated carbocycles. The summed E-state index contributed by atoms with van der Waals surface area (Å²) in [5.74, 6) is -0.0840. The van der Waals surface area contributed by atoms with Crippen molar-refractivity contribution in [3.8, 4) is 11.4 Å². The van der Waals surface area contributed by atoms with Crippen molar-refractivity contribution >= 4 is 38.7 Å². The van der Waals surface area contributed by atoms with E-state index in [1.54, 1.807) is 46.9 Å². The van der Waals surface area contributed by atoms with Gasteiger partial charge in [-0.3, -0.25) is 9.20 Å². The first-order chi connectivity index (χ1) is 14.2. The minimum Gasteiger partial charge on any atom is -0.437 e. The third-order valence-electron chi connectivity index (χ3n) is 5.10. The van der Waals surface area contributed by atoms with Crippen LogP contribution in [-0.2, 0) is 0 Å². The fourth-order valence-corrected chi connectivity index (χ4v) is 3.78. The zero-order chi connectivity index (χ0) is 19.5. The number of aromatic nitrogens is 3. The van der Waals surface area contributed by atoms with E-state index in [1.807, 2.05) is 24.3 Å². The fraction of sp³-hybridized carbons (Fsp3) is 0. The van der Waals surface area contributed by atoms with Gasteiger partial charge in [0.15, 0.2) is 11.5 Å². The highest BCUT2D eigenvalue weighted by molar-refractivity contribution is 6.00. The quantitative estimate of drug-likeness (QED) is 0.378. The molecule has 0 aliphatic heterocycles. The van der Waals surface area contributed by atoms with Crippen LogP contribution in [0.3, 0.4) is 0 Å². The molecule has 3 aromatic carbocycles. The zero-order valence-corrected chi connectivity index (χ0v) is 15.0. The summed E-state index contributed by atoms with van der Waals surface area (Å²) in [5.41, 5.74) is 2.48. The van der Waals surface area contributed by atoms with Gasteiger partial charge in [0.2, 0.25) is 11.1 Å². The molecule has 0 atom stereocenters. The largest absolute Gasteiger partial charge is 0.437 e. The number of imidazole rings is 1. The molecule has 0 spiro atoms. The van der Waals surface area contributed by atoms with E-state index in [1.165, 1.54) is 6.07 Å². The minimum absolute atomic E-state index is 0.134. The molecule has 0 bridgehead atoms. The van der Waals surface area contributed by atoms with Crippen molar-refractivity contribution in [3.63, 3.8) is 0 Å². The van der Waals surface area contributed by atoms with Gasteiger partial charge in [-0.15, -0.1) is 0 Å². The van der Waals surface area contributed by atoms with Crippen LogP contribution in [0.5, 0.6) is 0 Å². The first kappa shape index (κ1) is 15.9. The Morgan fingerprint density at radius 3 is 2.52 bits per heavy atom. The van der Waals surface area contributed by atoms with Crippen LogP contribution in [0, 0.1) is 5.82 Å². The minimum atomic E-state index is -0.415. The molecule has 3 aromatic heterocycles. The SMILES string of the molecule is O=c1c2ccccc2oc2nc(-c3ccccc3F)n3c4ccccc4nc3c12. The smallest absolute Gasteiger partial charge is 0.236 e. The van der Waals surface area contributed by atoms with E-state index in [0.717, 1.165) is 5.52 Å². The van der Waals surface area contributed by atoms with E-state index >= 15 is 0 Å². The maximum atomic E-state index is 14.7. The van der Waals surface area contributed by atoms with Gasteiger partial charge in [0.25, 0.3) is 0 Å². The van der Waals surface area contributed by atoms with Crippen LogP contribution in [0.1, 0.15) is 0 Å². The number of halogens is 1. The Balaban J connectivity index is 1.93. The van der Waals surface area contributed by atoms with E-state index in [9.17, 15) is 9.18 Å². The Kier molecular flexibility index (Phi) is 3.14. The van der Waals surface area contributed by atoms with Gasteiger partial charge in [-0.2, -0.15) is 4.98 Å². The van der Waals surface area contributed by atoms with Crippen LogP contribution in [0.25, 0.3) is 50.1 Å². The molecule has 0 radical (unpaired) electrons. The van der Waals surface area contributed by atoms with Crippen LogP contribution in [0.15, 0.2) is 82.0 Å². The Labute approximate surface area is 162 Å². The highest BCUT2D eigenvalue weighted by Gasteiger charge is 2.21. The van der Waals surface area contributed by atoms with Crippen molar-refractivity contribution in [2.24, 2.45) is 0 Å². The average molecular weight is 381 g/mol. The van der Waals surface area contributed by atoms with Crippen molar-refractivity contribution in [1.82, 2.24) is 14.4 Å². The second kappa shape index (κ2) is 5.72. The van der Waals surface area contributed by atoms with Crippen molar-refractivity contribution < 1.29 is 8.81 Å². The predicted octanol–water partition coefficient (Wildman–Crippen LogP) is 4.95. The molecule has 0 saturated heterocycles. The number of hydrogen-bond donors (Lipinski definition) is 0. The molecule has 138 valence electrons. The summed E-state index contributed by atoms with van der Waals surface area (Å²) in [6, 6.07) is 20.8. The standard InChI is InChI=1S/C23H12FN3O2/c24-15-9-3-1-7-13(15)21-26-23-19(20(28)14-8-2-6-12-18(14)29-23)22-25-16-10-4-5-11-17(16)27(21)22/h1-12H. The Morgan fingerprint density at radius 2 is 1.62 bits per heavy atom. The number of hydrogen-bond acceptors (Lipinski definition) is 4. The van der Waals surface area contributed by atoms with Gasteiger partial charge in [-0.1, -0.05) is 36.4 Å². The first-order valence-electron chi connectivity index (χ1n) is 9.10. The molecule has 3 heterocycles. The summed E-state index contributed by atoms with van der Waals surface area (Å²) < 4.78 is 22.3. The molecule has 0 fully saturated rings. The van der Waals surface area contributed by atoms with Gasteiger partial charge in [-0.25, -0.2) is 9.37 Å². The van der Waals surface area contributed by atoms with Crippen LogP contribution < -0.4 is 5.43 Å².